The van der Waals surface area contributed by atoms with E-state index in [9.17, 15) is 18.7 Å². The Bertz CT molecular complexity index is 385. The van der Waals surface area contributed by atoms with Crippen molar-refractivity contribution < 1.29 is 77.8 Å². The summed E-state index contributed by atoms with van der Waals surface area (Å²) in [5.41, 5.74) is -0.226. The molecule has 0 aliphatic heterocycles. The van der Waals surface area contributed by atoms with E-state index >= 15 is 0 Å². The normalized spacial score (nSPS) is 10.8. The second-order valence-electron chi connectivity index (χ2n) is 2.16. The largest absolute Gasteiger partial charge is 1.00 e. The summed E-state index contributed by atoms with van der Waals surface area (Å²) in [7, 11) is 0. The van der Waals surface area contributed by atoms with E-state index in [4.69, 9.17) is 11.6 Å². The molecule has 0 heterocycles. The first kappa shape index (κ1) is 18.5. The first-order chi connectivity index (χ1) is 6.02. The number of carbonyl (C=O) groups excluding carboxylic acids is 1. The Kier molecular flexibility index (Phi) is 10.1. The number of carboxylic acid groups (broad SMARTS) is 1. The van der Waals surface area contributed by atoms with Crippen molar-refractivity contribution in [1.29, 1.82) is 0 Å². The molecule has 1 unspecified atom stereocenters. The van der Waals surface area contributed by atoms with Gasteiger partial charge in [-0.2, -0.15) is 0 Å². The summed E-state index contributed by atoms with van der Waals surface area (Å²) < 4.78 is 20.8. The number of hydrogen-bond donors (Lipinski definition) is 0. The second kappa shape index (κ2) is 8.22. The van der Waals surface area contributed by atoms with Crippen LogP contribution >= 0.6 is 11.6 Å². The zero-order chi connectivity index (χ0) is 10.0. The molecule has 1 aromatic rings. The zero-order valence-electron chi connectivity index (χ0n) is 8.15. The summed E-state index contributed by atoms with van der Waals surface area (Å²) in [6.07, 6.45) is 0. The molecule has 0 radical (unpaired) electrons. The van der Waals surface area contributed by atoms with Gasteiger partial charge in [0.05, 0.1) is 11.0 Å². The van der Waals surface area contributed by atoms with Gasteiger partial charge < -0.3 is 14.5 Å². The van der Waals surface area contributed by atoms with Gasteiger partial charge in [-0.3, -0.25) is 4.21 Å². The van der Waals surface area contributed by atoms with Crippen LogP contribution < -0.4 is 64.2 Å². The zero-order valence-corrected chi connectivity index (χ0v) is 13.7. The average Bonchev–Trinajstić information content (AvgIpc) is 2.03. The van der Waals surface area contributed by atoms with Crippen molar-refractivity contribution in [2.75, 3.05) is 0 Å². The number of hydrogen-bond acceptors (Lipinski definition) is 4. The molecule has 1 rings (SSSR count). The number of halogens is 1. The fraction of sp³-hybridized carbons (Fsp3) is 0. The van der Waals surface area contributed by atoms with Crippen molar-refractivity contribution in [3.63, 3.8) is 0 Å². The van der Waals surface area contributed by atoms with Gasteiger partial charge in [0.25, 0.3) is 0 Å². The van der Waals surface area contributed by atoms with Crippen LogP contribution in [0.25, 0.3) is 0 Å². The van der Waals surface area contributed by atoms with Gasteiger partial charge in [-0.1, -0.05) is 17.7 Å². The molecule has 1 atom stereocenters. The summed E-state index contributed by atoms with van der Waals surface area (Å²) in [6, 6.07) is 3.28. The van der Waals surface area contributed by atoms with Crippen LogP contribution in [0.2, 0.25) is 5.02 Å². The monoisotopic (exact) mass is 264 g/mol. The van der Waals surface area contributed by atoms with Crippen molar-refractivity contribution in [2.24, 2.45) is 0 Å². The van der Waals surface area contributed by atoms with Crippen molar-refractivity contribution in [3.8, 4) is 0 Å². The van der Waals surface area contributed by atoms with Crippen LogP contribution in [0.1, 0.15) is 10.4 Å². The quantitative estimate of drug-likeness (QED) is 0.393. The third-order valence-corrected chi connectivity index (χ3v) is 2.30. The van der Waals surface area contributed by atoms with Crippen molar-refractivity contribution in [3.05, 3.63) is 28.8 Å². The van der Waals surface area contributed by atoms with E-state index < -0.39 is 17.0 Å². The minimum absolute atomic E-state index is 0. The van der Waals surface area contributed by atoms with Crippen molar-refractivity contribution >= 4 is 28.7 Å². The minimum Gasteiger partial charge on any atom is -0.768 e. The van der Waals surface area contributed by atoms with Gasteiger partial charge >= 0.3 is 59.1 Å². The molecule has 0 aliphatic carbocycles. The summed E-state index contributed by atoms with van der Waals surface area (Å²) in [4.78, 5) is 10.3. The van der Waals surface area contributed by atoms with Gasteiger partial charge in [0.1, 0.15) is 0 Å². The first-order valence-corrected chi connectivity index (χ1v) is 4.58. The van der Waals surface area contributed by atoms with E-state index in [1.165, 1.54) is 0 Å². The molecular weight excluding hydrogens is 262 g/mol. The Hall–Kier alpha value is 1.09. The summed E-state index contributed by atoms with van der Waals surface area (Å²) in [5, 5.41) is 10.2. The predicted molar refractivity (Wildman–Crippen MR) is 43.0 cm³/mol. The molecule has 70 valence electrons. The Morgan fingerprint density at radius 1 is 1.33 bits per heavy atom. The Balaban J connectivity index is 0. The maximum Gasteiger partial charge on any atom is 1.00 e. The van der Waals surface area contributed by atoms with Gasteiger partial charge in [0.2, 0.25) is 0 Å². The predicted octanol–water partition coefficient (Wildman–Crippen LogP) is -6.05. The van der Waals surface area contributed by atoms with Crippen LogP contribution in [0.15, 0.2) is 23.1 Å². The molecule has 0 N–H and O–H groups in total. The molecule has 0 aliphatic rings. The molecule has 0 bridgehead atoms. The molecule has 0 aromatic heterocycles. The number of benzene rings is 1. The third kappa shape index (κ3) is 5.30. The number of aromatic carboxylic acids is 1. The van der Waals surface area contributed by atoms with Crippen molar-refractivity contribution in [2.45, 2.75) is 4.90 Å². The molecule has 8 heteroatoms. The van der Waals surface area contributed by atoms with E-state index in [0.717, 1.165) is 18.2 Å². The van der Waals surface area contributed by atoms with E-state index in [0.29, 0.717) is 0 Å². The molecule has 4 nitrogen and oxygen atoms in total. The molecule has 15 heavy (non-hydrogen) atoms. The maximum atomic E-state index is 10.4. The summed E-state index contributed by atoms with van der Waals surface area (Å²) in [5.74, 6) is -1.44. The fourth-order valence-corrected chi connectivity index (χ4v) is 1.48. The van der Waals surface area contributed by atoms with E-state index in [1.54, 1.807) is 0 Å². The second-order valence-corrected chi connectivity index (χ2v) is 3.51. The number of carboxylic acids is 1. The summed E-state index contributed by atoms with van der Waals surface area (Å²) in [6.45, 7) is 0. The van der Waals surface area contributed by atoms with Gasteiger partial charge in [-0.15, -0.1) is 0 Å². The van der Waals surface area contributed by atoms with Gasteiger partial charge in [0.15, 0.2) is 0 Å². The maximum absolute atomic E-state index is 10.4. The molecule has 0 amide bonds. The van der Waals surface area contributed by atoms with Gasteiger partial charge in [-0.25, -0.2) is 0 Å². The van der Waals surface area contributed by atoms with Crippen LogP contribution in [0.5, 0.6) is 0 Å². The third-order valence-electron chi connectivity index (χ3n) is 1.35. The van der Waals surface area contributed by atoms with Gasteiger partial charge in [0, 0.05) is 10.5 Å². The van der Waals surface area contributed by atoms with Crippen LogP contribution in [-0.4, -0.2) is 14.7 Å². The van der Waals surface area contributed by atoms with Crippen LogP contribution in [-0.2, 0) is 11.1 Å². The first-order valence-electron chi connectivity index (χ1n) is 3.12. The molecule has 0 saturated heterocycles. The Labute approximate surface area is 138 Å². The SMILES string of the molecule is O=C([O-])c1ccc(S(=O)[O-])cc1Cl.[Na+].[Na+]. The minimum atomic E-state index is -2.41. The van der Waals surface area contributed by atoms with Gasteiger partial charge in [-0.05, 0) is 23.2 Å². The molecule has 1 aromatic carbocycles. The Morgan fingerprint density at radius 2 is 1.87 bits per heavy atom. The molecule has 0 fully saturated rings. The molecular formula is C7H3ClNa2O4S. The molecule has 0 saturated carbocycles. The number of carbonyl (C=O) groups is 1. The number of rotatable bonds is 2. The topological polar surface area (TPSA) is 80.3 Å². The van der Waals surface area contributed by atoms with Crippen LogP contribution in [0.3, 0.4) is 0 Å². The Morgan fingerprint density at radius 3 is 2.20 bits per heavy atom. The summed E-state index contributed by atoms with van der Waals surface area (Å²) >= 11 is 3.07. The van der Waals surface area contributed by atoms with E-state index in [2.05, 4.69) is 0 Å². The average molecular weight is 265 g/mol. The fourth-order valence-electron chi connectivity index (χ4n) is 0.765. The van der Waals surface area contributed by atoms with E-state index in [-0.39, 0.29) is 74.6 Å². The molecule has 0 spiro atoms. The van der Waals surface area contributed by atoms with Crippen molar-refractivity contribution in [1.82, 2.24) is 0 Å². The standard InChI is InChI=1S/C7H5ClO4S.2Na/c8-6-3-4(13(11)12)1-2-5(6)7(9)10;;/h1-3H,(H,9,10)(H,11,12);;/q;2*+1/p-2. The van der Waals surface area contributed by atoms with E-state index in [1.807, 2.05) is 0 Å². The van der Waals surface area contributed by atoms with Crippen LogP contribution in [0.4, 0.5) is 0 Å². The smallest absolute Gasteiger partial charge is 0.768 e. The van der Waals surface area contributed by atoms with Crippen LogP contribution in [0, 0.1) is 0 Å².